The van der Waals surface area contributed by atoms with Crippen molar-refractivity contribution in [2.75, 3.05) is 17.7 Å². The number of hydrogen-bond donors (Lipinski definition) is 3. The van der Waals surface area contributed by atoms with Gasteiger partial charge in [-0.15, -0.1) is 23.1 Å². The van der Waals surface area contributed by atoms with Crippen molar-refractivity contribution in [1.82, 2.24) is 10.3 Å². The zero-order chi connectivity index (χ0) is 35.6. The molecule has 0 spiro atoms. The number of nitrogens with zero attached hydrogens (tertiary/aromatic N) is 1. The van der Waals surface area contributed by atoms with Crippen molar-refractivity contribution in [2.45, 2.75) is 10.1 Å². The zero-order valence-corrected chi connectivity index (χ0v) is 28.8. The summed E-state index contributed by atoms with van der Waals surface area (Å²) in [6.07, 6.45) is 1.59. The molecule has 254 valence electrons. The summed E-state index contributed by atoms with van der Waals surface area (Å²) in [4.78, 5) is 45.8. The molecule has 1 aromatic heterocycles. The highest BCUT2D eigenvalue weighted by atomic mass is 32.2. The minimum Gasteiger partial charge on any atom is -0.497 e. The average molecular weight is 715 g/mol. The van der Waals surface area contributed by atoms with Gasteiger partial charge in [0, 0.05) is 27.1 Å². The maximum atomic E-state index is 13.8. The van der Waals surface area contributed by atoms with Crippen molar-refractivity contribution < 1.29 is 23.5 Å². The van der Waals surface area contributed by atoms with Crippen LogP contribution in [0.1, 0.15) is 26.7 Å². The molecule has 1 heterocycles. The number of methoxy groups -OCH3 is 1. The smallest absolute Gasteiger partial charge is 0.272 e. The van der Waals surface area contributed by atoms with Crippen LogP contribution >= 0.6 is 23.1 Å². The third kappa shape index (κ3) is 9.35. The fourth-order valence-electron chi connectivity index (χ4n) is 4.95. The van der Waals surface area contributed by atoms with Crippen LogP contribution in [0, 0.1) is 5.82 Å². The number of benzene rings is 5. The number of halogens is 1. The Morgan fingerprint density at radius 2 is 1.53 bits per heavy atom. The first-order valence-corrected chi connectivity index (χ1v) is 17.5. The minimum absolute atomic E-state index is 0.0390. The second-order valence-corrected chi connectivity index (χ2v) is 13.1. The van der Waals surface area contributed by atoms with E-state index in [1.807, 2.05) is 36.4 Å². The third-order valence-electron chi connectivity index (χ3n) is 7.52. The number of carbonyl (C=O) groups is 3. The molecule has 6 rings (SSSR count). The lowest BCUT2D eigenvalue weighted by Gasteiger charge is -2.17. The van der Waals surface area contributed by atoms with Crippen LogP contribution in [0.15, 0.2) is 149 Å². The third-order valence-corrected chi connectivity index (χ3v) is 9.52. The predicted octanol–water partition coefficient (Wildman–Crippen LogP) is 8.84. The fraction of sp³-hybridized carbons (Fsp3) is 0.0500. The number of hydrogen-bond acceptors (Lipinski definition) is 7. The van der Waals surface area contributed by atoms with Gasteiger partial charge in [0.15, 0.2) is 5.13 Å². The molecule has 3 N–H and O–H groups in total. The van der Waals surface area contributed by atoms with Gasteiger partial charge in [-0.25, -0.2) is 9.37 Å². The van der Waals surface area contributed by atoms with E-state index in [2.05, 4.69) is 20.9 Å². The highest BCUT2D eigenvalue weighted by Gasteiger charge is 2.24. The largest absolute Gasteiger partial charge is 0.497 e. The Labute approximate surface area is 302 Å². The van der Waals surface area contributed by atoms with Crippen LogP contribution < -0.4 is 20.7 Å². The van der Waals surface area contributed by atoms with E-state index in [1.165, 1.54) is 35.2 Å². The van der Waals surface area contributed by atoms with Crippen LogP contribution in [0.5, 0.6) is 5.75 Å². The van der Waals surface area contributed by atoms with E-state index in [9.17, 15) is 18.8 Å². The Kier molecular flexibility index (Phi) is 11.3. The maximum Gasteiger partial charge on any atom is 0.272 e. The molecule has 11 heteroatoms. The van der Waals surface area contributed by atoms with Crippen LogP contribution in [0.25, 0.3) is 17.3 Å². The highest BCUT2D eigenvalue weighted by molar-refractivity contribution is 8.00. The van der Waals surface area contributed by atoms with E-state index in [4.69, 9.17) is 4.74 Å². The first-order chi connectivity index (χ1) is 24.8. The van der Waals surface area contributed by atoms with E-state index >= 15 is 0 Å². The summed E-state index contributed by atoms with van der Waals surface area (Å²) in [5, 5.41) is 10.1. The summed E-state index contributed by atoms with van der Waals surface area (Å²) < 4.78 is 18.7. The van der Waals surface area contributed by atoms with E-state index in [0.717, 1.165) is 16.0 Å². The van der Waals surface area contributed by atoms with Gasteiger partial charge < -0.3 is 20.7 Å². The molecule has 1 atom stereocenters. The van der Waals surface area contributed by atoms with Gasteiger partial charge in [-0.1, -0.05) is 66.7 Å². The molecule has 0 radical (unpaired) electrons. The van der Waals surface area contributed by atoms with Crippen LogP contribution in [-0.2, 0) is 9.59 Å². The molecule has 0 aliphatic heterocycles. The van der Waals surface area contributed by atoms with Crippen LogP contribution in [0.2, 0.25) is 0 Å². The molecule has 0 aliphatic carbocycles. The Balaban J connectivity index is 1.21. The molecule has 51 heavy (non-hydrogen) atoms. The van der Waals surface area contributed by atoms with E-state index in [0.29, 0.717) is 33.4 Å². The molecule has 0 saturated carbocycles. The molecule has 6 aromatic rings. The van der Waals surface area contributed by atoms with Crippen molar-refractivity contribution >= 4 is 57.7 Å². The van der Waals surface area contributed by atoms with Crippen LogP contribution in [-0.4, -0.2) is 29.8 Å². The molecule has 0 bridgehead atoms. The first-order valence-electron chi connectivity index (χ1n) is 15.7. The van der Waals surface area contributed by atoms with Gasteiger partial charge in [0.1, 0.15) is 22.5 Å². The van der Waals surface area contributed by atoms with Gasteiger partial charge in [-0.05, 0) is 83.9 Å². The fourth-order valence-corrected chi connectivity index (χ4v) is 6.75. The number of thioether (sulfide) groups is 1. The van der Waals surface area contributed by atoms with Crippen molar-refractivity contribution in [3.8, 4) is 17.0 Å². The minimum atomic E-state index is -0.661. The summed E-state index contributed by atoms with van der Waals surface area (Å²) in [5.74, 6) is -0.931. The summed E-state index contributed by atoms with van der Waals surface area (Å²) in [6, 6.07) is 38.2. The summed E-state index contributed by atoms with van der Waals surface area (Å²) in [5.41, 5.74) is 3.73. The molecule has 1 unspecified atom stereocenters. The lowest BCUT2D eigenvalue weighted by molar-refractivity contribution is -0.116. The normalized spacial score (nSPS) is 11.7. The summed E-state index contributed by atoms with van der Waals surface area (Å²) in [7, 11) is 1.57. The number of aromatic nitrogens is 1. The van der Waals surface area contributed by atoms with Crippen molar-refractivity contribution in [3.05, 3.63) is 167 Å². The lowest BCUT2D eigenvalue weighted by Crippen LogP contribution is -2.30. The topological polar surface area (TPSA) is 109 Å². The van der Waals surface area contributed by atoms with Crippen LogP contribution in [0.3, 0.4) is 0 Å². The summed E-state index contributed by atoms with van der Waals surface area (Å²) >= 11 is 2.59. The predicted molar refractivity (Wildman–Crippen MR) is 201 cm³/mol. The van der Waals surface area contributed by atoms with Crippen LogP contribution in [0.4, 0.5) is 15.2 Å². The monoisotopic (exact) mass is 714 g/mol. The van der Waals surface area contributed by atoms with Gasteiger partial charge in [0.2, 0.25) is 5.91 Å². The number of thiazole rings is 1. The highest BCUT2D eigenvalue weighted by Crippen LogP contribution is 2.38. The molecular weight excluding hydrogens is 684 g/mol. The molecule has 0 aliphatic rings. The molecule has 5 aromatic carbocycles. The molecule has 3 amide bonds. The van der Waals surface area contributed by atoms with E-state index < -0.39 is 17.1 Å². The Bertz CT molecular complexity index is 2160. The number of amides is 3. The van der Waals surface area contributed by atoms with Gasteiger partial charge in [0.25, 0.3) is 11.8 Å². The summed E-state index contributed by atoms with van der Waals surface area (Å²) in [6.45, 7) is 0. The molecule has 0 fully saturated rings. The SMILES string of the molecule is COc1ccc(/C=C(/NC(=O)c2ccccc2)C(=O)Nc2cccc(SC(C(=O)Nc3nc(-c4ccc(F)cc4)cs3)c3ccccc3)c2)cc1. The second kappa shape index (κ2) is 16.6. The number of ether oxygens (including phenoxy) is 1. The maximum absolute atomic E-state index is 13.8. The first kappa shape index (κ1) is 34.8. The standard InChI is InChI=1S/C40H31FN4O4S2/c1-49-32-21-15-26(16-22-32)23-34(43-37(46)29-11-6-3-7-12-29)38(47)42-31-13-8-14-33(24-31)51-36(28-9-4-2-5-10-28)39(48)45-40-44-35(25-50-40)27-17-19-30(41)20-18-27/h2-25,36H,1H3,(H,42,47)(H,43,46)(H,44,45,48)/b34-23+. The molecule has 8 nitrogen and oxygen atoms in total. The zero-order valence-electron chi connectivity index (χ0n) is 27.2. The molecular formula is C40H31FN4O4S2. The van der Waals surface area contributed by atoms with E-state index in [-0.39, 0.29) is 17.4 Å². The van der Waals surface area contributed by atoms with Gasteiger partial charge >= 0.3 is 0 Å². The number of nitrogens with one attached hydrogen (secondary N) is 3. The quantitative estimate of drug-likeness (QED) is 0.0864. The van der Waals surface area contributed by atoms with Crippen molar-refractivity contribution in [3.63, 3.8) is 0 Å². The number of rotatable bonds is 12. The van der Waals surface area contributed by atoms with Gasteiger partial charge in [-0.3, -0.25) is 14.4 Å². The number of carbonyl (C=O) groups excluding carboxylic acids is 3. The Morgan fingerprint density at radius 1 is 0.824 bits per heavy atom. The van der Waals surface area contributed by atoms with Gasteiger partial charge in [-0.2, -0.15) is 0 Å². The van der Waals surface area contributed by atoms with Crippen molar-refractivity contribution in [2.24, 2.45) is 0 Å². The average Bonchev–Trinajstić information content (AvgIpc) is 3.63. The molecule has 0 saturated heterocycles. The van der Waals surface area contributed by atoms with Gasteiger partial charge in [0.05, 0.1) is 12.8 Å². The second-order valence-electron chi connectivity index (χ2n) is 11.1. The van der Waals surface area contributed by atoms with Crippen molar-refractivity contribution in [1.29, 1.82) is 0 Å². The number of anilines is 2. The Hall–Kier alpha value is -6.04. The lowest BCUT2D eigenvalue weighted by atomic mass is 10.1. The Morgan fingerprint density at radius 3 is 2.24 bits per heavy atom. The van der Waals surface area contributed by atoms with E-state index in [1.54, 1.807) is 103 Å².